The number of carbonyl (C=O) groups excluding carboxylic acids is 6. The summed E-state index contributed by atoms with van der Waals surface area (Å²) in [6, 6.07) is 26.1. The third kappa shape index (κ3) is 10.0. The van der Waals surface area contributed by atoms with Gasteiger partial charge in [-0.1, -0.05) is 88.4 Å². The quantitative estimate of drug-likeness (QED) is 0.0310. The van der Waals surface area contributed by atoms with E-state index in [1.807, 2.05) is 55.5 Å². The maximum Gasteiger partial charge on any atom is 0.407 e. The lowest BCUT2D eigenvalue weighted by Gasteiger charge is -2.31. The predicted octanol–water partition coefficient (Wildman–Crippen LogP) is 6.37. The number of alkyl carbamates (subject to hydrolysis) is 1. The number of cyclic esters (lactones) is 1. The summed E-state index contributed by atoms with van der Waals surface area (Å²) in [6.07, 6.45) is -1.13. The van der Waals surface area contributed by atoms with Crippen molar-refractivity contribution in [3.63, 3.8) is 0 Å². The van der Waals surface area contributed by atoms with Gasteiger partial charge in [0.15, 0.2) is 5.60 Å². The number of carbonyl (C=O) groups is 6. The number of aromatic nitrogens is 2. The number of hydrogen-bond acceptors (Lipinski definition) is 13. The van der Waals surface area contributed by atoms with Gasteiger partial charge in [-0.05, 0) is 95.8 Å². The van der Waals surface area contributed by atoms with Crippen molar-refractivity contribution in [3.8, 4) is 28.3 Å². The number of urea groups is 1. The fraction of sp³-hybridized carbons (Fsp3) is 0.333. The molecule has 19 heteroatoms. The van der Waals surface area contributed by atoms with Crippen molar-refractivity contribution in [3.05, 3.63) is 146 Å². The van der Waals surface area contributed by atoms with Crippen molar-refractivity contribution < 1.29 is 52.8 Å². The number of fused-ring (bicyclic) bond motifs is 8. The zero-order valence-corrected chi connectivity index (χ0v) is 42.7. The maximum atomic E-state index is 14.0. The average molecular weight is 1030 g/mol. The van der Waals surface area contributed by atoms with Gasteiger partial charge >= 0.3 is 24.1 Å². The lowest BCUT2D eigenvalue weighted by molar-refractivity contribution is -0.172. The molecule has 0 radical (unpaired) electrons. The molecule has 2 aliphatic heterocycles. The SMILES string of the molecule is CCc1c2c(nc3ccc(OC(C(=O)OC)c4ccc(NC(=O)[C@H](CCCNC(N)=O)NC(=O)[C@@H](NC(=O)OCC5c6ccccc6-c6ccccc65)C(C)C)cc4)cc13)-c1cc3c(c(=O)n1C2)COC(=O)[C@]3(O)CC. The number of esters is 2. The van der Waals surface area contributed by atoms with Crippen LogP contribution in [0, 0.1) is 5.92 Å². The van der Waals surface area contributed by atoms with Crippen molar-refractivity contribution >= 4 is 52.5 Å². The molecule has 76 heavy (non-hydrogen) atoms. The van der Waals surface area contributed by atoms with Crippen LogP contribution in [0.4, 0.5) is 15.3 Å². The average Bonchev–Trinajstić information content (AvgIpc) is 3.97. The second-order valence-electron chi connectivity index (χ2n) is 19.4. The van der Waals surface area contributed by atoms with E-state index in [9.17, 15) is 38.7 Å². The number of amides is 5. The molecule has 9 rings (SSSR count). The first-order valence-corrected chi connectivity index (χ1v) is 25.3. The van der Waals surface area contributed by atoms with Crippen LogP contribution < -0.4 is 37.3 Å². The molecule has 4 heterocycles. The van der Waals surface area contributed by atoms with E-state index >= 15 is 0 Å². The number of benzene rings is 4. The third-order valence-electron chi connectivity index (χ3n) is 14.4. The van der Waals surface area contributed by atoms with E-state index in [1.54, 1.807) is 73.9 Å². The van der Waals surface area contributed by atoms with Crippen LogP contribution >= 0.6 is 0 Å². The first-order chi connectivity index (χ1) is 36.5. The number of primary amides is 1. The third-order valence-corrected chi connectivity index (χ3v) is 14.4. The largest absolute Gasteiger partial charge is 0.474 e. The highest BCUT2D eigenvalue weighted by atomic mass is 16.6. The zero-order valence-electron chi connectivity index (χ0n) is 42.7. The van der Waals surface area contributed by atoms with Crippen molar-refractivity contribution in [2.45, 2.75) is 96.2 Å². The minimum atomic E-state index is -1.96. The van der Waals surface area contributed by atoms with Crippen LogP contribution in [0.3, 0.4) is 0 Å². The molecule has 7 N–H and O–H groups in total. The molecule has 1 aliphatic carbocycles. The van der Waals surface area contributed by atoms with E-state index in [-0.39, 0.29) is 68.2 Å². The molecule has 0 spiro atoms. The van der Waals surface area contributed by atoms with Gasteiger partial charge in [-0.15, -0.1) is 0 Å². The van der Waals surface area contributed by atoms with Crippen LogP contribution in [0.2, 0.25) is 0 Å². The van der Waals surface area contributed by atoms with Gasteiger partial charge in [0.1, 0.15) is 31.0 Å². The van der Waals surface area contributed by atoms with Gasteiger partial charge in [-0.25, -0.2) is 24.2 Å². The smallest absolute Gasteiger partial charge is 0.407 e. The van der Waals surface area contributed by atoms with Gasteiger partial charge in [-0.2, -0.15) is 0 Å². The lowest BCUT2D eigenvalue weighted by Crippen LogP contribution is -2.54. The zero-order chi connectivity index (χ0) is 54.0. The second-order valence-corrected chi connectivity index (χ2v) is 19.4. The molecule has 6 aromatic rings. The Balaban J connectivity index is 0.887. The normalized spacial score (nSPS) is 16.2. The van der Waals surface area contributed by atoms with E-state index in [1.165, 1.54) is 7.11 Å². The Morgan fingerprint density at radius 1 is 0.895 bits per heavy atom. The molecule has 4 atom stereocenters. The molecule has 19 nitrogen and oxygen atoms in total. The van der Waals surface area contributed by atoms with E-state index in [4.69, 9.17) is 29.7 Å². The standard InChI is InChI=1S/C57H59N7O12/c1-6-34-39-25-33(22-23-44(39)61-48-40(34)27-64-46(48)26-43-42(52(64)67)29-74-54(69)57(43,72)7-2)76-49(53(68)73-5)31-18-20-32(21-19-31)60-50(65)45(17-12-24-59-55(58)70)62-51(66)47(30(3)4)63-56(71)75-28-41-37-15-10-8-13-35(37)36-14-9-11-16-38(36)41/h8-11,13-16,18-23,25-26,30,41,45,47,49,72H,6-7,12,17,24,27-29H2,1-5H3,(H,60,65)(H,62,66)(H,63,71)(H3,58,59,70)/t45-,47-,49?,57-/m0/s1. The molecule has 4 aromatic carbocycles. The van der Waals surface area contributed by atoms with E-state index < -0.39 is 65.6 Å². The van der Waals surface area contributed by atoms with Crippen LogP contribution in [0.5, 0.6) is 5.75 Å². The molecule has 0 fully saturated rings. The van der Waals surface area contributed by atoms with Crippen LogP contribution in [0.15, 0.2) is 102 Å². The molecular formula is C57H59N7O12. The number of ether oxygens (including phenoxy) is 4. The Kier molecular flexibility index (Phi) is 14.9. The lowest BCUT2D eigenvalue weighted by atomic mass is 9.86. The fourth-order valence-corrected chi connectivity index (χ4v) is 10.4. The van der Waals surface area contributed by atoms with E-state index in [0.717, 1.165) is 38.8 Å². The number of methoxy groups -OCH3 is 1. The molecular weight excluding hydrogens is 975 g/mol. The van der Waals surface area contributed by atoms with Crippen molar-refractivity contribution in [2.75, 3.05) is 25.6 Å². The maximum absolute atomic E-state index is 14.0. The van der Waals surface area contributed by atoms with Crippen LogP contribution in [0.25, 0.3) is 33.4 Å². The first kappa shape index (κ1) is 52.3. The predicted molar refractivity (Wildman–Crippen MR) is 280 cm³/mol. The molecule has 2 aromatic heterocycles. The summed E-state index contributed by atoms with van der Waals surface area (Å²) < 4.78 is 24.1. The van der Waals surface area contributed by atoms with E-state index in [0.29, 0.717) is 40.3 Å². The minimum Gasteiger partial charge on any atom is -0.474 e. The molecule has 0 saturated carbocycles. The van der Waals surface area contributed by atoms with Crippen molar-refractivity contribution in [1.29, 1.82) is 0 Å². The Morgan fingerprint density at radius 2 is 1.59 bits per heavy atom. The number of nitrogens with one attached hydrogen (secondary N) is 4. The van der Waals surface area contributed by atoms with Gasteiger partial charge in [0, 0.05) is 40.2 Å². The monoisotopic (exact) mass is 1030 g/mol. The van der Waals surface area contributed by atoms with Gasteiger partial charge in [-0.3, -0.25) is 14.4 Å². The number of pyridine rings is 2. The highest BCUT2D eigenvalue weighted by Gasteiger charge is 2.45. The minimum absolute atomic E-state index is 0.0202. The number of nitrogens with zero attached hydrogens (tertiary/aromatic N) is 2. The summed E-state index contributed by atoms with van der Waals surface area (Å²) in [5.41, 5.74) is 11.6. The number of anilines is 1. The summed E-state index contributed by atoms with van der Waals surface area (Å²) in [5.74, 6) is -3.01. The number of nitrogens with two attached hydrogens (primary N) is 1. The summed E-state index contributed by atoms with van der Waals surface area (Å²) in [5, 5.41) is 22.9. The first-order valence-electron chi connectivity index (χ1n) is 25.3. The summed E-state index contributed by atoms with van der Waals surface area (Å²) in [4.78, 5) is 97.6. The van der Waals surface area contributed by atoms with Gasteiger partial charge < -0.3 is 55.6 Å². The molecule has 0 saturated heterocycles. The van der Waals surface area contributed by atoms with E-state index in [2.05, 4.69) is 21.3 Å². The fourth-order valence-electron chi connectivity index (χ4n) is 10.4. The molecule has 1 unspecified atom stereocenters. The Hall–Kier alpha value is -8.58. The highest BCUT2D eigenvalue weighted by Crippen LogP contribution is 2.45. The molecule has 5 amide bonds. The number of aliphatic hydroxyl groups is 1. The summed E-state index contributed by atoms with van der Waals surface area (Å²) >= 11 is 0. The topological polar surface area (TPSA) is 269 Å². The van der Waals surface area contributed by atoms with Crippen LogP contribution in [-0.2, 0) is 58.6 Å². The molecule has 3 aliphatic rings. The Morgan fingerprint density at radius 3 is 2.24 bits per heavy atom. The van der Waals surface area contributed by atoms with Crippen LogP contribution in [-0.4, -0.2) is 82.9 Å². The highest BCUT2D eigenvalue weighted by molar-refractivity contribution is 5.98. The van der Waals surface area contributed by atoms with Gasteiger partial charge in [0.2, 0.25) is 17.9 Å². The molecule has 394 valence electrons. The van der Waals surface area contributed by atoms with Crippen molar-refractivity contribution in [2.24, 2.45) is 11.7 Å². The Bertz CT molecular complexity index is 3310. The number of rotatable bonds is 18. The van der Waals surface area contributed by atoms with Crippen LogP contribution in [0.1, 0.15) is 97.9 Å². The Labute approximate surface area is 437 Å². The number of aryl methyl sites for hydroxylation is 1. The van der Waals surface area contributed by atoms with Gasteiger partial charge in [0.25, 0.3) is 5.56 Å². The summed E-state index contributed by atoms with van der Waals surface area (Å²) in [6.45, 7) is 7.27. The second kappa shape index (κ2) is 21.7. The number of hydrogen-bond donors (Lipinski definition) is 6. The van der Waals surface area contributed by atoms with Gasteiger partial charge in [0.05, 0.1) is 36.1 Å². The molecule has 0 bridgehead atoms. The summed E-state index contributed by atoms with van der Waals surface area (Å²) in [7, 11) is 1.24. The van der Waals surface area contributed by atoms with Crippen molar-refractivity contribution in [1.82, 2.24) is 25.5 Å².